The number of carbonyl (C=O) groups is 2. The Labute approximate surface area is 115 Å². The van der Waals surface area contributed by atoms with Crippen LogP contribution in [0.2, 0.25) is 0 Å². The highest BCUT2D eigenvalue weighted by atomic mass is 127. The predicted molar refractivity (Wildman–Crippen MR) is 70.9 cm³/mol. The van der Waals surface area contributed by atoms with Crippen molar-refractivity contribution in [2.45, 2.75) is 45.3 Å². The maximum absolute atomic E-state index is 11.9. The van der Waals surface area contributed by atoms with Gasteiger partial charge in [-0.05, 0) is 56.2 Å². The first-order chi connectivity index (χ1) is 7.85. The molecule has 0 N–H and O–H groups in total. The van der Waals surface area contributed by atoms with E-state index in [0.29, 0.717) is 17.6 Å². The van der Waals surface area contributed by atoms with Crippen LogP contribution in [0, 0.1) is 0 Å². The molecule has 98 valence electrons. The number of hydrogen-bond donors (Lipinski definition) is 0. The normalized spacial score (nSPS) is 20.2. The van der Waals surface area contributed by atoms with E-state index in [0.717, 1.165) is 6.42 Å². The van der Waals surface area contributed by atoms with E-state index in [2.05, 4.69) is 0 Å². The molecule has 1 amide bonds. The zero-order valence-corrected chi connectivity index (χ0v) is 12.5. The SMILES string of the molecule is CC(C)(C)OC(=O)N1CCC[C@H]1C(=O)OCI. The third kappa shape index (κ3) is 4.33. The Morgan fingerprint density at radius 2 is 2.06 bits per heavy atom. The number of esters is 1. The largest absolute Gasteiger partial charge is 0.453 e. The van der Waals surface area contributed by atoms with Crippen LogP contribution in [0.5, 0.6) is 0 Å². The van der Waals surface area contributed by atoms with Crippen molar-refractivity contribution in [2.24, 2.45) is 0 Å². The van der Waals surface area contributed by atoms with Gasteiger partial charge in [0.05, 0.1) is 0 Å². The first-order valence-electron chi connectivity index (χ1n) is 5.57. The molecule has 0 unspecified atom stereocenters. The summed E-state index contributed by atoms with van der Waals surface area (Å²) in [5.74, 6) is -0.345. The fraction of sp³-hybridized carbons (Fsp3) is 0.818. The van der Waals surface area contributed by atoms with Gasteiger partial charge in [0.25, 0.3) is 0 Å². The van der Waals surface area contributed by atoms with Crippen LogP contribution >= 0.6 is 22.6 Å². The summed E-state index contributed by atoms with van der Waals surface area (Å²) in [6.45, 7) is 5.97. The molecule has 0 bridgehead atoms. The zero-order chi connectivity index (χ0) is 13.1. The van der Waals surface area contributed by atoms with Crippen molar-refractivity contribution in [1.29, 1.82) is 0 Å². The first-order valence-corrected chi connectivity index (χ1v) is 7.10. The number of hydrogen-bond acceptors (Lipinski definition) is 4. The number of nitrogens with zero attached hydrogens (tertiary/aromatic N) is 1. The van der Waals surface area contributed by atoms with Crippen LogP contribution in [0.15, 0.2) is 0 Å². The van der Waals surface area contributed by atoms with E-state index in [1.165, 1.54) is 4.90 Å². The van der Waals surface area contributed by atoms with Crippen molar-refractivity contribution >= 4 is 34.7 Å². The summed E-state index contributed by atoms with van der Waals surface area (Å²) in [7, 11) is 0. The number of likely N-dealkylation sites (tertiary alicyclic amines) is 1. The molecule has 5 nitrogen and oxygen atoms in total. The molecule has 1 aliphatic rings. The van der Waals surface area contributed by atoms with E-state index in [4.69, 9.17) is 9.47 Å². The molecule has 1 fully saturated rings. The lowest BCUT2D eigenvalue weighted by atomic mass is 10.2. The number of amides is 1. The van der Waals surface area contributed by atoms with Crippen molar-refractivity contribution in [3.8, 4) is 0 Å². The Morgan fingerprint density at radius 3 is 2.59 bits per heavy atom. The van der Waals surface area contributed by atoms with Crippen LogP contribution in [0.25, 0.3) is 0 Å². The lowest BCUT2D eigenvalue weighted by molar-refractivity contribution is -0.146. The number of rotatable bonds is 2. The summed E-state index contributed by atoms with van der Waals surface area (Å²) >= 11 is 1.96. The Hall–Kier alpha value is -0.530. The lowest BCUT2D eigenvalue weighted by Crippen LogP contribution is -2.43. The Balaban J connectivity index is 2.63. The molecule has 0 aromatic carbocycles. The summed E-state index contributed by atoms with van der Waals surface area (Å²) in [5, 5.41) is 0. The van der Waals surface area contributed by atoms with E-state index < -0.39 is 17.7 Å². The highest BCUT2D eigenvalue weighted by Gasteiger charge is 2.37. The van der Waals surface area contributed by atoms with E-state index in [9.17, 15) is 9.59 Å². The first kappa shape index (κ1) is 14.5. The van der Waals surface area contributed by atoms with E-state index in [1.807, 2.05) is 22.6 Å². The van der Waals surface area contributed by atoms with Gasteiger partial charge in [0.1, 0.15) is 16.3 Å². The number of ether oxygens (including phenoxy) is 2. The smallest absolute Gasteiger partial charge is 0.411 e. The second kappa shape index (κ2) is 5.88. The molecular formula is C11H18INO4. The molecule has 0 saturated carbocycles. The zero-order valence-electron chi connectivity index (χ0n) is 10.4. The third-order valence-corrected chi connectivity index (χ3v) is 2.66. The van der Waals surface area contributed by atoms with E-state index >= 15 is 0 Å². The quantitative estimate of drug-likeness (QED) is 0.433. The minimum atomic E-state index is -0.544. The molecule has 1 saturated heterocycles. The molecule has 17 heavy (non-hydrogen) atoms. The molecule has 0 spiro atoms. The minimum Gasteiger partial charge on any atom is -0.453 e. The van der Waals surface area contributed by atoms with Crippen LogP contribution in [0.4, 0.5) is 4.79 Å². The molecule has 1 rings (SSSR count). The van der Waals surface area contributed by atoms with E-state index in [-0.39, 0.29) is 5.97 Å². The summed E-state index contributed by atoms with van der Waals surface area (Å²) in [6.07, 6.45) is 1.01. The maximum Gasteiger partial charge on any atom is 0.411 e. The summed E-state index contributed by atoms with van der Waals surface area (Å²) in [6, 6.07) is -0.486. The standard InChI is InChI=1S/C11H18INO4/c1-11(2,3)17-10(15)13-6-4-5-8(13)9(14)16-7-12/h8H,4-7H2,1-3H3/t8-/m0/s1. The summed E-state index contributed by atoms with van der Waals surface area (Å²) in [5.41, 5.74) is -0.544. The maximum atomic E-state index is 11.9. The van der Waals surface area contributed by atoms with Crippen molar-refractivity contribution in [3.63, 3.8) is 0 Å². The van der Waals surface area contributed by atoms with Gasteiger partial charge < -0.3 is 9.47 Å². The summed E-state index contributed by atoms with van der Waals surface area (Å²) in [4.78, 5) is 25.0. The minimum absolute atomic E-state index is 0.301. The van der Waals surface area contributed by atoms with E-state index in [1.54, 1.807) is 20.8 Å². The number of halogens is 1. The van der Waals surface area contributed by atoms with Gasteiger partial charge in [0.2, 0.25) is 0 Å². The second-order valence-electron chi connectivity index (χ2n) is 4.90. The van der Waals surface area contributed by atoms with Gasteiger partial charge in [0.15, 0.2) is 0 Å². The highest BCUT2D eigenvalue weighted by Crippen LogP contribution is 2.21. The molecule has 1 aliphatic heterocycles. The molecule has 0 radical (unpaired) electrons. The van der Waals surface area contributed by atoms with Crippen molar-refractivity contribution in [1.82, 2.24) is 4.90 Å². The van der Waals surface area contributed by atoms with Crippen LogP contribution in [0.3, 0.4) is 0 Å². The topological polar surface area (TPSA) is 55.8 Å². The second-order valence-corrected chi connectivity index (χ2v) is 5.53. The van der Waals surface area contributed by atoms with Crippen LogP contribution < -0.4 is 0 Å². The Morgan fingerprint density at radius 1 is 1.41 bits per heavy atom. The average Bonchev–Trinajstić information content (AvgIpc) is 2.63. The van der Waals surface area contributed by atoms with Crippen molar-refractivity contribution < 1.29 is 19.1 Å². The molecular weight excluding hydrogens is 337 g/mol. The third-order valence-electron chi connectivity index (χ3n) is 2.35. The Kier molecular flexibility index (Phi) is 5.03. The molecule has 0 aromatic heterocycles. The molecule has 0 aromatic rings. The Bertz CT molecular complexity index is 300. The van der Waals surface area contributed by atoms with Crippen LogP contribution in [0.1, 0.15) is 33.6 Å². The molecule has 0 aliphatic carbocycles. The van der Waals surface area contributed by atoms with Gasteiger partial charge in [0, 0.05) is 6.54 Å². The number of carbonyl (C=O) groups excluding carboxylic acids is 2. The molecule has 1 atom stereocenters. The van der Waals surface area contributed by atoms with Gasteiger partial charge in [-0.3, -0.25) is 4.90 Å². The highest BCUT2D eigenvalue weighted by molar-refractivity contribution is 14.1. The van der Waals surface area contributed by atoms with Gasteiger partial charge >= 0.3 is 12.1 Å². The van der Waals surface area contributed by atoms with Crippen molar-refractivity contribution in [2.75, 3.05) is 11.2 Å². The van der Waals surface area contributed by atoms with Gasteiger partial charge in [-0.2, -0.15) is 0 Å². The van der Waals surface area contributed by atoms with Crippen molar-refractivity contribution in [3.05, 3.63) is 0 Å². The van der Waals surface area contributed by atoms with Crippen LogP contribution in [-0.2, 0) is 14.3 Å². The molecule has 6 heteroatoms. The van der Waals surface area contributed by atoms with Crippen LogP contribution in [-0.4, -0.2) is 39.8 Å². The lowest BCUT2D eigenvalue weighted by Gasteiger charge is -2.27. The van der Waals surface area contributed by atoms with Gasteiger partial charge in [-0.15, -0.1) is 0 Å². The summed E-state index contributed by atoms with van der Waals surface area (Å²) < 4.78 is 10.5. The number of alkyl halides is 1. The fourth-order valence-corrected chi connectivity index (χ4v) is 2.01. The average molecular weight is 355 g/mol. The monoisotopic (exact) mass is 355 g/mol. The predicted octanol–water partition coefficient (Wildman–Crippen LogP) is 2.32. The van der Waals surface area contributed by atoms with Gasteiger partial charge in [-0.25, -0.2) is 9.59 Å². The fourth-order valence-electron chi connectivity index (χ4n) is 1.70. The molecule has 1 heterocycles. The van der Waals surface area contributed by atoms with Gasteiger partial charge in [-0.1, -0.05) is 0 Å².